The molecule has 0 fully saturated rings. The molecule has 0 aliphatic carbocycles. The number of benzene rings is 1. The highest BCUT2D eigenvalue weighted by Gasteiger charge is 2.21. The first-order valence-corrected chi connectivity index (χ1v) is 8.56. The number of ether oxygens (including phenoxy) is 1. The summed E-state index contributed by atoms with van der Waals surface area (Å²) in [4.78, 5) is 2.45. The van der Waals surface area contributed by atoms with Crippen LogP contribution >= 0.6 is 0 Å². The molecule has 3 rings (SSSR count). The largest absolute Gasteiger partial charge is 0.383 e. The molecule has 23 heavy (non-hydrogen) atoms. The summed E-state index contributed by atoms with van der Waals surface area (Å²) in [6.45, 7) is 8.23. The lowest BCUT2D eigenvalue weighted by Crippen LogP contribution is -2.28. The van der Waals surface area contributed by atoms with Crippen LogP contribution in [0.25, 0.3) is 10.9 Å². The monoisotopic (exact) mass is 315 g/mol. The number of fused-ring (bicyclic) bond motifs is 2. The number of methoxy groups -OCH3 is 1. The molecule has 1 aromatic carbocycles. The molecule has 0 saturated carbocycles. The standard InChI is InChI=1S/C19H29N3O/c1-13(2)18(20)8-16-10-21(3)19-9-15-12-22(5-6-23-4)11-14(15)7-17(16)19/h7,9-10,13,18H,5-6,8,11-12,20H2,1-4H3. The first-order valence-electron chi connectivity index (χ1n) is 8.56. The number of hydrogen-bond donors (Lipinski definition) is 1. The van der Waals surface area contributed by atoms with Gasteiger partial charge in [0.15, 0.2) is 0 Å². The van der Waals surface area contributed by atoms with Gasteiger partial charge in [-0.15, -0.1) is 0 Å². The molecule has 4 nitrogen and oxygen atoms in total. The van der Waals surface area contributed by atoms with Crippen LogP contribution in [0.15, 0.2) is 18.3 Å². The molecule has 4 heteroatoms. The second kappa shape index (κ2) is 6.63. The molecule has 1 aliphatic rings. The van der Waals surface area contributed by atoms with Crippen molar-refractivity contribution in [1.82, 2.24) is 9.47 Å². The van der Waals surface area contributed by atoms with Gasteiger partial charge in [-0.05, 0) is 41.2 Å². The highest BCUT2D eigenvalue weighted by atomic mass is 16.5. The van der Waals surface area contributed by atoms with Gasteiger partial charge in [-0.1, -0.05) is 13.8 Å². The van der Waals surface area contributed by atoms with E-state index in [1.807, 2.05) is 0 Å². The van der Waals surface area contributed by atoms with Crippen LogP contribution in [0.4, 0.5) is 0 Å². The van der Waals surface area contributed by atoms with E-state index in [1.165, 1.54) is 27.6 Å². The van der Waals surface area contributed by atoms with E-state index in [9.17, 15) is 0 Å². The maximum Gasteiger partial charge on any atom is 0.0589 e. The second-order valence-corrected chi connectivity index (χ2v) is 7.22. The Hall–Kier alpha value is -1.36. The predicted molar refractivity (Wildman–Crippen MR) is 95.4 cm³/mol. The van der Waals surface area contributed by atoms with E-state index in [1.54, 1.807) is 7.11 Å². The molecular weight excluding hydrogens is 286 g/mol. The first-order chi connectivity index (χ1) is 11.0. The third kappa shape index (κ3) is 3.30. The lowest BCUT2D eigenvalue weighted by Gasteiger charge is -2.14. The zero-order chi connectivity index (χ0) is 16.6. The second-order valence-electron chi connectivity index (χ2n) is 7.22. The Morgan fingerprint density at radius 1 is 1.22 bits per heavy atom. The highest BCUT2D eigenvalue weighted by Crippen LogP contribution is 2.31. The lowest BCUT2D eigenvalue weighted by atomic mass is 9.96. The molecule has 1 aromatic heterocycles. The van der Waals surface area contributed by atoms with E-state index < -0.39 is 0 Å². The Morgan fingerprint density at radius 3 is 2.57 bits per heavy atom. The van der Waals surface area contributed by atoms with E-state index >= 15 is 0 Å². The minimum absolute atomic E-state index is 0.215. The van der Waals surface area contributed by atoms with Crippen LogP contribution < -0.4 is 5.73 Å². The number of hydrogen-bond acceptors (Lipinski definition) is 3. The predicted octanol–water partition coefficient (Wildman–Crippen LogP) is 2.67. The van der Waals surface area contributed by atoms with Crippen molar-refractivity contribution in [3.8, 4) is 0 Å². The average Bonchev–Trinajstić information content (AvgIpc) is 3.04. The third-order valence-electron chi connectivity index (χ3n) is 5.10. The summed E-state index contributed by atoms with van der Waals surface area (Å²) in [6, 6.07) is 4.97. The van der Waals surface area contributed by atoms with Crippen molar-refractivity contribution in [3.05, 3.63) is 35.0 Å². The molecule has 126 valence electrons. The zero-order valence-corrected chi connectivity index (χ0v) is 14.8. The van der Waals surface area contributed by atoms with Gasteiger partial charge < -0.3 is 15.0 Å². The van der Waals surface area contributed by atoms with Crippen LogP contribution in [0.2, 0.25) is 0 Å². The smallest absolute Gasteiger partial charge is 0.0589 e. The van der Waals surface area contributed by atoms with Crippen LogP contribution in [0.5, 0.6) is 0 Å². The lowest BCUT2D eigenvalue weighted by molar-refractivity contribution is 0.147. The highest BCUT2D eigenvalue weighted by molar-refractivity contribution is 5.86. The molecule has 0 bridgehead atoms. The Labute approximate surface area is 139 Å². The van der Waals surface area contributed by atoms with Crippen molar-refractivity contribution in [2.75, 3.05) is 20.3 Å². The van der Waals surface area contributed by atoms with Crippen LogP contribution in [-0.4, -0.2) is 35.8 Å². The molecular formula is C19H29N3O. The van der Waals surface area contributed by atoms with Crippen molar-refractivity contribution in [1.29, 1.82) is 0 Å². The minimum Gasteiger partial charge on any atom is -0.383 e. The maximum atomic E-state index is 6.31. The molecule has 2 N–H and O–H groups in total. The number of aromatic nitrogens is 1. The quantitative estimate of drug-likeness (QED) is 0.891. The first kappa shape index (κ1) is 16.5. The van der Waals surface area contributed by atoms with Gasteiger partial charge in [0.05, 0.1) is 6.61 Å². The van der Waals surface area contributed by atoms with Crippen molar-refractivity contribution in [3.63, 3.8) is 0 Å². The van der Waals surface area contributed by atoms with Gasteiger partial charge in [-0.2, -0.15) is 0 Å². The van der Waals surface area contributed by atoms with Crippen LogP contribution in [0, 0.1) is 5.92 Å². The Bertz CT molecular complexity index is 689. The maximum absolute atomic E-state index is 6.31. The van der Waals surface area contributed by atoms with E-state index in [-0.39, 0.29) is 6.04 Å². The zero-order valence-electron chi connectivity index (χ0n) is 14.8. The minimum atomic E-state index is 0.215. The van der Waals surface area contributed by atoms with Gasteiger partial charge in [0.25, 0.3) is 0 Å². The fraction of sp³-hybridized carbons (Fsp3) is 0.579. The van der Waals surface area contributed by atoms with Crippen molar-refractivity contribution in [2.45, 2.75) is 39.4 Å². The number of nitrogens with zero attached hydrogens (tertiary/aromatic N) is 2. The molecule has 1 aliphatic heterocycles. The number of rotatable bonds is 6. The van der Waals surface area contributed by atoms with E-state index in [0.717, 1.165) is 32.7 Å². The van der Waals surface area contributed by atoms with Gasteiger partial charge in [-0.25, -0.2) is 0 Å². The molecule has 0 saturated heterocycles. The average molecular weight is 315 g/mol. The Balaban J connectivity index is 1.89. The topological polar surface area (TPSA) is 43.4 Å². The van der Waals surface area contributed by atoms with Crippen LogP contribution in [0.1, 0.15) is 30.5 Å². The van der Waals surface area contributed by atoms with Crippen LogP contribution in [0.3, 0.4) is 0 Å². The summed E-state index contributed by atoms with van der Waals surface area (Å²) in [6.07, 6.45) is 3.20. The summed E-state index contributed by atoms with van der Waals surface area (Å²) in [7, 11) is 3.90. The van der Waals surface area contributed by atoms with Gasteiger partial charge >= 0.3 is 0 Å². The number of aryl methyl sites for hydroxylation is 1. The summed E-state index contributed by atoms with van der Waals surface area (Å²) in [5.74, 6) is 0.504. The Kier molecular flexibility index (Phi) is 4.76. The fourth-order valence-corrected chi connectivity index (χ4v) is 3.46. The van der Waals surface area contributed by atoms with E-state index in [4.69, 9.17) is 10.5 Å². The Morgan fingerprint density at radius 2 is 1.91 bits per heavy atom. The van der Waals surface area contributed by atoms with Crippen molar-refractivity contribution < 1.29 is 4.74 Å². The SMILES string of the molecule is COCCN1Cc2cc3c(CC(N)C(C)C)cn(C)c3cc2C1. The summed E-state index contributed by atoms with van der Waals surface area (Å²) in [5, 5.41) is 1.37. The normalized spacial score (nSPS) is 16.4. The molecule has 0 radical (unpaired) electrons. The summed E-state index contributed by atoms with van der Waals surface area (Å²) in [5.41, 5.74) is 11.9. The molecule has 2 heterocycles. The number of nitrogens with two attached hydrogens (primary N) is 1. The molecule has 0 amide bonds. The molecule has 0 spiro atoms. The molecule has 2 aromatic rings. The van der Waals surface area contributed by atoms with Gasteiger partial charge in [0.1, 0.15) is 0 Å². The van der Waals surface area contributed by atoms with Gasteiger partial charge in [-0.3, -0.25) is 4.90 Å². The summed E-state index contributed by atoms with van der Waals surface area (Å²) < 4.78 is 7.46. The molecule has 1 unspecified atom stereocenters. The van der Waals surface area contributed by atoms with E-state index in [0.29, 0.717) is 5.92 Å². The molecule has 1 atom stereocenters. The van der Waals surface area contributed by atoms with E-state index in [2.05, 4.69) is 48.7 Å². The van der Waals surface area contributed by atoms with Crippen LogP contribution in [-0.2, 0) is 31.3 Å². The van der Waals surface area contributed by atoms with Crippen molar-refractivity contribution in [2.24, 2.45) is 18.7 Å². The fourth-order valence-electron chi connectivity index (χ4n) is 3.46. The third-order valence-corrected chi connectivity index (χ3v) is 5.10. The summed E-state index contributed by atoms with van der Waals surface area (Å²) >= 11 is 0. The van der Waals surface area contributed by atoms with Gasteiger partial charge in [0, 0.05) is 56.9 Å². The van der Waals surface area contributed by atoms with Crippen molar-refractivity contribution >= 4 is 10.9 Å². The van der Waals surface area contributed by atoms with Gasteiger partial charge in [0.2, 0.25) is 0 Å².